The molecule has 3 rings (SSSR count). The molecule has 26 heavy (non-hydrogen) atoms. The van der Waals surface area contributed by atoms with Crippen molar-refractivity contribution in [2.75, 3.05) is 45.9 Å². The standard InChI is InChI=1S/C22H36N2O2/c1-21(2,3)20-16-23(15-19(26-20)18-9-7-6-8-10-18)17-22(4,5)24-11-13-25-14-12-24/h6-10,19-20H,11-17H2,1-5H3/t19-,20+/m0/s1. The van der Waals surface area contributed by atoms with Crippen LogP contribution in [0.5, 0.6) is 0 Å². The minimum Gasteiger partial charge on any atom is -0.379 e. The average molecular weight is 361 g/mol. The van der Waals surface area contributed by atoms with Gasteiger partial charge >= 0.3 is 0 Å². The highest BCUT2D eigenvalue weighted by Gasteiger charge is 2.38. The first kappa shape index (κ1) is 19.8. The van der Waals surface area contributed by atoms with Gasteiger partial charge in [0.15, 0.2) is 0 Å². The molecule has 0 saturated carbocycles. The van der Waals surface area contributed by atoms with Crippen molar-refractivity contribution in [2.24, 2.45) is 5.41 Å². The Hall–Kier alpha value is -0.940. The summed E-state index contributed by atoms with van der Waals surface area (Å²) >= 11 is 0. The fourth-order valence-corrected chi connectivity index (χ4v) is 4.10. The van der Waals surface area contributed by atoms with Crippen molar-refractivity contribution in [2.45, 2.75) is 52.4 Å². The van der Waals surface area contributed by atoms with Crippen LogP contribution in [-0.4, -0.2) is 67.4 Å². The van der Waals surface area contributed by atoms with Crippen molar-refractivity contribution < 1.29 is 9.47 Å². The second-order valence-electron chi connectivity index (χ2n) is 9.50. The van der Waals surface area contributed by atoms with Crippen molar-refractivity contribution in [3.63, 3.8) is 0 Å². The Balaban J connectivity index is 1.74. The zero-order valence-electron chi connectivity index (χ0n) is 17.2. The van der Waals surface area contributed by atoms with Crippen LogP contribution in [-0.2, 0) is 9.47 Å². The Morgan fingerprint density at radius 3 is 2.23 bits per heavy atom. The molecule has 2 atom stereocenters. The third-order valence-electron chi connectivity index (χ3n) is 5.79. The predicted molar refractivity (Wildman–Crippen MR) is 106 cm³/mol. The number of hydrogen-bond donors (Lipinski definition) is 0. The Morgan fingerprint density at radius 1 is 0.962 bits per heavy atom. The van der Waals surface area contributed by atoms with E-state index in [1.807, 2.05) is 0 Å². The van der Waals surface area contributed by atoms with Gasteiger partial charge in [-0.25, -0.2) is 0 Å². The van der Waals surface area contributed by atoms with Crippen molar-refractivity contribution in [3.05, 3.63) is 35.9 Å². The first-order valence-corrected chi connectivity index (χ1v) is 10.0. The molecule has 4 heteroatoms. The lowest BCUT2D eigenvalue weighted by Gasteiger charge is -2.48. The molecule has 2 aliphatic rings. The molecule has 0 bridgehead atoms. The molecule has 0 aromatic heterocycles. The molecule has 0 aliphatic carbocycles. The van der Waals surface area contributed by atoms with Gasteiger partial charge in [-0.15, -0.1) is 0 Å². The lowest BCUT2D eigenvalue weighted by atomic mass is 9.86. The minimum absolute atomic E-state index is 0.134. The second kappa shape index (κ2) is 7.97. The lowest BCUT2D eigenvalue weighted by Crippen LogP contribution is -2.58. The Labute approximate surface area is 159 Å². The summed E-state index contributed by atoms with van der Waals surface area (Å²) in [5.41, 5.74) is 1.56. The van der Waals surface area contributed by atoms with Crippen LogP contribution < -0.4 is 0 Å². The molecule has 0 N–H and O–H groups in total. The molecular formula is C22H36N2O2. The number of nitrogens with zero attached hydrogens (tertiary/aromatic N) is 2. The predicted octanol–water partition coefficient (Wildman–Crippen LogP) is 3.59. The van der Waals surface area contributed by atoms with E-state index in [1.165, 1.54) is 5.56 Å². The fourth-order valence-electron chi connectivity index (χ4n) is 4.10. The number of morpholine rings is 2. The molecule has 2 aliphatic heterocycles. The molecular weight excluding hydrogens is 324 g/mol. The first-order chi connectivity index (χ1) is 12.3. The summed E-state index contributed by atoms with van der Waals surface area (Å²) in [7, 11) is 0. The molecule has 2 fully saturated rings. The third kappa shape index (κ3) is 4.86. The van der Waals surface area contributed by atoms with E-state index in [2.05, 4.69) is 74.8 Å². The summed E-state index contributed by atoms with van der Waals surface area (Å²) < 4.78 is 12.1. The molecule has 0 amide bonds. The van der Waals surface area contributed by atoms with Crippen LogP contribution >= 0.6 is 0 Å². The lowest BCUT2D eigenvalue weighted by molar-refractivity contribution is -0.137. The van der Waals surface area contributed by atoms with Gasteiger partial charge in [0.05, 0.1) is 25.4 Å². The average Bonchev–Trinajstić information content (AvgIpc) is 2.62. The van der Waals surface area contributed by atoms with E-state index in [1.54, 1.807) is 0 Å². The molecule has 0 unspecified atom stereocenters. The van der Waals surface area contributed by atoms with Gasteiger partial charge in [0.1, 0.15) is 0 Å². The Kier molecular flexibility index (Phi) is 6.07. The molecule has 0 radical (unpaired) electrons. The van der Waals surface area contributed by atoms with E-state index < -0.39 is 0 Å². The normalized spacial score (nSPS) is 26.8. The summed E-state index contributed by atoms with van der Waals surface area (Å²) in [6, 6.07) is 10.7. The summed E-state index contributed by atoms with van der Waals surface area (Å²) in [5, 5.41) is 0. The van der Waals surface area contributed by atoms with Gasteiger partial charge in [0.25, 0.3) is 0 Å². The van der Waals surface area contributed by atoms with E-state index >= 15 is 0 Å². The molecule has 2 heterocycles. The maximum atomic E-state index is 6.55. The highest BCUT2D eigenvalue weighted by atomic mass is 16.5. The van der Waals surface area contributed by atoms with Crippen LogP contribution in [0.3, 0.4) is 0 Å². The van der Waals surface area contributed by atoms with Gasteiger partial charge in [0.2, 0.25) is 0 Å². The summed E-state index contributed by atoms with van der Waals surface area (Å²) in [6.07, 6.45) is 0.386. The Bertz CT molecular complexity index is 561. The van der Waals surface area contributed by atoms with E-state index in [0.29, 0.717) is 0 Å². The van der Waals surface area contributed by atoms with Gasteiger partial charge < -0.3 is 9.47 Å². The van der Waals surface area contributed by atoms with Gasteiger partial charge in [-0.3, -0.25) is 9.80 Å². The fraction of sp³-hybridized carbons (Fsp3) is 0.727. The van der Waals surface area contributed by atoms with E-state index in [4.69, 9.17) is 9.47 Å². The summed E-state index contributed by atoms with van der Waals surface area (Å²) in [5.74, 6) is 0. The SMILES string of the molecule is CC(C)(C)[C@H]1CN(CC(C)(C)N2CCOCC2)C[C@@H](c2ccccc2)O1. The zero-order chi connectivity index (χ0) is 18.8. The topological polar surface area (TPSA) is 24.9 Å². The number of benzene rings is 1. The molecule has 146 valence electrons. The first-order valence-electron chi connectivity index (χ1n) is 10.0. The van der Waals surface area contributed by atoms with Gasteiger partial charge in [-0.2, -0.15) is 0 Å². The molecule has 2 saturated heterocycles. The minimum atomic E-state index is 0.134. The van der Waals surface area contributed by atoms with Crippen molar-refractivity contribution in [3.8, 4) is 0 Å². The van der Waals surface area contributed by atoms with Crippen LogP contribution in [0.15, 0.2) is 30.3 Å². The van der Waals surface area contributed by atoms with Crippen molar-refractivity contribution in [1.29, 1.82) is 0 Å². The van der Waals surface area contributed by atoms with Gasteiger partial charge in [0, 0.05) is 38.3 Å². The largest absolute Gasteiger partial charge is 0.379 e. The van der Waals surface area contributed by atoms with Crippen LogP contribution in [0.2, 0.25) is 0 Å². The molecule has 4 nitrogen and oxygen atoms in total. The third-order valence-corrected chi connectivity index (χ3v) is 5.79. The van der Waals surface area contributed by atoms with Crippen LogP contribution in [0.1, 0.15) is 46.3 Å². The quantitative estimate of drug-likeness (QED) is 0.819. The number of hydrogen-bond acceptors (Lipinski definition) is 4. The van der Waals surface area contributed by atoms with Crippen molar-refractivity contribution >= 4 is 0 Å². The second-order valence-corrected chi connectivity index (χ2v) is 9.50. The smallest absolute Gasteiger partial charge is 0.0956 e. The van der Waals surface area contributed by atoms with Crippen molar-refractivity contribution in [1.82, 2.24) is 9.80 Å². The molecule has 1 aromatic carbocycles. The summed E-state index contributed by atoms with van der Waals surface area (Å²) in [4.78, 5) is 5.20. The van der Waals surface area contributed by atoms with Crippen LogP contribution in [0, 0.1) is 5.41 Å². The Morgan fingerprint density at radius 2 is 1.62 bits per heavy atom. The maximum absolute atomic E-state index is 6.55. The van der Waals surface area contributed by atoms with E-state index in [0.717, 1.165) is 45.9 Å². The molecule has 0 spiro atoms. The highest BCUT2D eigenvalue weighted by Crippen LogP contribution is 2.34. The van der Waals surface area contributed by atoms with E-state index in [9.17, 15) is 0 Å². The maximum Gasteiger partial charge on any atom is 0.0956 e. The zero-order valence-corrected chi connectivity index (χ0v) is 17.2. The monoisotopic (exact) mass is 360 g/mol. The van der Waals surface area contributed by atoms with Gasteiger partial charge in [-0.1, -0.05) is 51.1 Å². The summed E-state index contributed by atoms with van der Waals surface area (Å²) in [6.45, 7) is 18.4. The van der Waals surface area contributed by atoms with Crippen LogP contribution in [0.4, 0.5) is 0 Å². The molecule has 1 aromatic rings. The van der Waals surface area contributed by atoms with E-state index in [-0.39, 0.29) is 23.2 Å². The number of ether oxygens (including phenoxy) is 2. The van der Waals surface area contributed by atoms with Gasteiger partial charge in [-0.05, 0) is 24.8 Å². The highest BCUT2D eigenvalue weighted by molar-refractivity contribution is 5.18. The number of rotatable bonds is 4. The van der Waals surface area contributed by atoms with Crippen LogP contribution in [0.25, 0.3) is 0 Å².